The van der Waals surface area contributed by atoms with E-state index in [4.69, 9.17) is 24.5 Å². The molecule has 0 saturated carbocycles. The zero-order valence-corrected chi connectivity index (χ0v) is 17.9. The number of aromatic nitrogens is 1. The topological polar surface area (TPSA) is 150 Å². The zero-order valence-electron chi connectivity index (χ0n) is 17.1. The average Bonchev–Trinajstić information content (AvgIpc) is 2.68. The minimum atomic E-state index is -3.67. The Balaban J connectivity index is 0.000000804. The number of ether oxygens (including phenoxy) is 3. The number of hydrogen-bond acceptors (Lipinski definition) is 8. The van der Waals surface area contributed by atoms with Crippen molar-refractivity contribution in [1.82, 2.24) is 10.3 Å². The van der Waals surface area contributed by atoms with Crippen LogP contribution in [0, 0.1) is 0 Å². The van der Waals surface area contributed by atoms with Gasteiger partial charge < -0.3 is 25.3 Å². The lowest BCUT2D eigenvalue weighted by Gasteiger charge is -2.12. The molecule has 0 fully saturated rings. The molecule has 0 bridgehead atoms. The van der Waals surface area contributed by atoms with Gasteiger partial charge in [-0.15, -0.1) is 0 Å². The molecule has 1 aromatic heterocycles. The van der Waals surface area contributed by atoms with Gasteiger partial charge in [0.1, 0.15) is 0 Å². The quantitative estimate of drug-likeness (QED) is 0.369. The molecule has 11 heteroatoms. The van der Waals surface area contributed by atoms with Crippen molar-refractivity contribution in [2.75, 3.05) is 33.6 Å². The SMILES string of the molecule is COCCCNCc1ccc(Oc2ccc(C(N)=O)cn2)c(OC)c1.CS(=O)(=O)O. The number of amides is 1. The number of rotatable bonds is 10. The van der Waals surface area contributed by atoms with Crippen molar-refractivity contribution in [3.8, 4) is 17.4 Å². The lowest BCUT2D eigenvalue weighted by atomic mass is 10.2. The van der Waals surface area contributed by atoms with Crippen LogP contribution in [-0.4, -0.2) is 57.5 Å². The van der Waals surface area contributed by atoms with Gasteiger partial charge in [-0.3, -0.25) is 9.35 Å². The van der Waals surface area contributed by atoms with Crippen LogP contribution in [-0.2, 0) is 21.4 Å². The summed E-state index contributed by atoms with van der Waals surface area (Å²) in [6, 6.07) is 8.85. The fraction of sp³-hybridized carbons (Fsp3) is 0.368. The second kappa shape index (κ2) is 12.8. The molecular formula is C19H27N3O7S. The van der Waals surface area contributed by atoms with E-state index in [2.05, 4.69) is 10.3 Å². The Labute approximate surface area is 176 Å². The van der Waals surface area contributed by atoms with Gasteiger partial charge in [0.25, 0.3) is 10.1 Å². The molecular weight excluding hydrogens is 414 g/mol. The van der Waals surface area contributed by atoms with Crippen molar-refractivity contribution in [3.63, 3.8) is 0 Å². The van der Waals surface area contributed by atoms with Crippen LogP contribution in [0.25, 0.3) is 0 Å². The molecule has 30 heavy (non-hydrogen) atoms. The molecule has 1 heterocycles. The van der Waals surface area contributed by atoms with Crippen LogP contribution in [0.3, 0.4) is 0 Å². The van der Waals surface area contributed by atoms with Crippen LogP contribution >= 0.6 is 0 Å². The third kappa shape index (κ3) is 10.7. The predicted molar refractivity (Wildman–Crippen MR) is 111 cm³/mol. The molecule has 166 valence electrons. The van der Waals surface area contributed by atoms with E-state index in [-0.39, 0.29) is 0 Å². The van der Waals surface area contributed by atoms with Crippen LogP contribution in [0.4, 0.5) is 0 Å². The summed E-state index contributed by atoms with van der Waals surface area (Å²) in [5.74, 6) is 0.981. The van der Waals surface area contributed by atoms with E-state index in [0.29, 0.717) is 29.2 Å². The summed E-state index contributed by atoms with van der Waals surface area (Å²) in [7, 11) is -0.387. The Morgan fingerprint density at radius 1 is 1.20 bits per heavy atom. The molecule has 0 spiro atoms. The molecule has 0 saturated heterocycles. The number of nitrogens with one attached hydrogen (secondary N) is 1. The molecule has 0 aliphatic heterocycles. The number of nitrogens with two attached hydrogens (primary N) is 1. The van der Waals surface area contributed by atoms with Gasteiger partial charge in [0, 0.05) is 32.5 Å². The summed E-state index contributed by atoms with van der Waals surface area (Å²) >= 11 is 0. The molecule has 0 radical (unpaired) electrons. The van der Waals surface area contributed by atoms with E-state index in [0.717, 1.165) is 31.7 Å². The second-order valence-corrected chi connectivity index (χ2v) is 7.56. The first-order valence-electron chi connectivity index (χ1n) is 8.86. The summed E-state index contributed by atoms with van der Waals surface area (Å²) in [4.78, 5) is 15.1. The number of carbonyl (C=O) groups is 1. The number of methoxy groups -OCH3 is 2. The van der Waals surface area contributed by atoms with Gasteiger partial charge >= 0.3 is 0 Å². The normalized spacial score (nSPS) is 10.7. The van der Waals surface area contributed by atoms with Crippen molar-refractivity contribution >= 4 is 16.0 Å². The van der Waals surface area contributed by atoms with E-state index in [1.807, 2.05) is 18.2 Å². The highest BCUT2D eigenvalue weighted by Crippen LogP contribution is 2.31. The van der Waals surface area contributed by atoms with Crippen molar-refractivity contribution in [3.05, 3.63) is 47.7 Å². The maximum absolute atomic E-state index is 11.1. The maximum atomic E-state index is 11.1. The Morgan fingerprint density at radius 2 is 1.90 bits per heavy atom. The molecule has 0 aliphatic rings. The number of carbonyl (C=O) groups excluding carboxylic acids is 1. The van der Waals surface area contributed by atoms with Gasteiger partial charge in [-0.2, -0.15) is 8.42 Å². The standard InChI is InChI=1S/C18H23N3O4.CH4O3S/c1-23-9-3-8-20-11-13-4-6-15(16(10-13)24-2)25-17-7-5-14(12-21-17)18(19)22;1-5(2,3)4/h4-7,10,12,20H,3,8-9,11H2,1-2H3,(H2,19,22);1H3,(H,2,3,4). The largest absolute Gasteiger partial charge is 0.493 e. The molecule has 1 amide bonds. The van der Waals surface area contributed by atoms with Crippen LogP contribution in [0.1, 0.15) is 22.3 Å². The van der Waals surface area contributed by atoms with E-state index >= 15 is 0 Å². The first-order valence-corrected chi connectivity index (χ1v) is 10.7. The molecule has 2 aromatic rings. The summed E-state index contributed by atoms with van der Waals surface area (Å²) in [5.41, 5.74) is 6.60. The van der Waals surface area contributed by atoms with Gasteiger partial charge in [-0.1, -0.05) is 6.07 Å². The number of nitrogens with zero attached hydrogens (tertiary/aromatic N) is 1. The van der Waals surface area contributed by atoms with Crippen molar-refractivity contribution < 1.29 is 32.0 Å². The van der Waals surface area contributed by atoms with Crippen LogP contribution < -0.4 is 20.5 Å². The Bertz CT molecular complexity index is 895. The minimum absolute atomic E-state index is 0.328. The first kappa shape index (κ1) is 25.3. The van der Waals surface area contributed by atoms with Crippen LogP contribution in [0.5, 0.6) is 17.4 Å². The van der Waals surface area contributed by atoms with Gasteiger partial charge in [-0.05, 0) is 36.7 Å². The highest BCUT2D eigenvalue weighted by molar-refractivity contribution is 7.85. The lowest BCUT2D eigenvalue weighted by Crippen LogP contribution is -2.16. The van der Waals surface area contributed by atoms with E-state index in [1.165, 1.54) is 6.20 Å². The van der Waals surface area contributed by atoms with Crippen molar-refractivity contribution in [2.45, 2.75) is 13.0 Å². The Hall–Kier alpha value is -2.73. The second-order valence-electron chi connectivity index (χ2n) is 6.09. The summed E-state index contributed by atoms with van der Waals surface area (Å²) in [6.07, 6.45) is 3.05. The molecule has 0 atom stereocenters. The highest BCUT2D eigenvalue weighted by Gasteiger charge is 2.09. The van der Waals surface area contributed by atoms with Gasteiger partial charge in [-0.25, -0.2) is 4.98 Å². The molecule has 0 aliphatic carbocycles. The van der Waals surface area contributed by atoms with E-state index in [1.54, 1.807) is 26.4 Å². The molecule has 4 N–H and O–H groups in total. The fourth-order valence-corrected chi connectivity index (χ4v) is 2.18. The number of benzene rings is 1. The zero-order chi connectivity index (χ0) is 22.6. The summed E-state index contributed by atoms with van der Waals surface area (Å²) in [5, 5.41) is 3.34. The van der Waals surface area contributed by atoms with Gasteiger partial charge in [0.2, 0.25) is 11.8 Å². The third-order valence-corrected chi connectivity index (χ3v) is 3.49. The van der Waals surface area contributed by atoms with Crippen LogP contribution in [0.15, 0.2) is 36.5 Å². The van der Waals surface area contributed by atoms with E-state index in [9.17, 15) is 13.2 Å². The number of pyridine rings is 1. The molecule has 0 unspecified atom stereocenters. The lowest BCUT2D eigenvalue weighted by molar-refractivity contribution is 0.1000. The fourth-order valence-electron chi connectivity index (χ4n) is 2.18. The monoisotopic (exact) mass is 441 g/mol. The number of hydrogen-bond donors (Lipinski definition) is 3. The van der Waals surface area contributed by atoms with Crippen molar-refractivity contribution in [1.29, 1.82) is 0 Å². The molecule has 2 rings (SSSR count). The predicted octanol–water partition coefficient (Wildman–Crippen LogP) is 1.61. The molecule has 10 nitrogen and oxygen atoms in total. The maximum Gasteiger partial charge on any atom is 0.261 e. The average molecular weight is 442 g/mol. The summed E-state index contributed by atoms with van der Waals surface area (Å²) < 4.78 is 42.0. The summed E-state index contributed by atoms with van der Waals surface area (Å²) in [6.45, 7) is 2.35. The minimum Gasteiger partial charge on any atom is -0.493 e. The smallest absolute Gasteiger partial charge is 0.261 e. The van der Waals surface area contributed by atoms with Crippen molar-refractivity contribution in [2.24, 2.45) is 5.73 Å². The van der Waals surface area contributed by atoms with Crippen LogP contribution in [0.2, 0.25) is 0 Å². The van der Waals surface area contributed by atoms with Gasteiger partial charge in [0.15, 0.2) is 11.5 Å². The number of primary amides is 1. The van der Waals surface area contributed by atoms with Gasteiger partial charge in [0.05, 0.1) is 18.9 Å². The Kier molecular flexibility index (Phi) is 10.8. The Morgan fingerprint density at radius 3 is 2.43 bits per heavy atom. The molecule has 1 aromatic carbocycles. The first-order chi connectivity index (χ1) is 14.1. The third-order valence-electron chi connectivity index (χ3n) is 3.49. The van der Waals surface area contributed by atoms with E-state index < -0.39 is 16.0 Å². The highest BCUT2D eigenvalue weighted by atomic mass is 32.2.